The maximum atomic E-state index is 11.0. The summed E-state index contributed by atoms with van der Waals surface area (Å²) in [6.07, 6.45) is 0. The number of carbonyl (C=O) groups excluding carboxylic acids is 1. The highest BCUT2D eigenvalue weighted by molar-refractivity contribution is 6.33. The Morgan fingerprint density at radius 3 is 2.44 bits per heavy atom. The van der Waals surface area contributed by atoms with Gasteiger partial charge in [-0.3, -0.25) is 4.79 Å². The highest BCUT2D eigenvalue weighted by Gasteiger charge is 2.06. The Kier molecular flexibility index (Phi) is 3.79. The van der Waals surface area contributed by atoms with E-state index in [-0.39, 0.29) is 16.2 Å². The van der Waals surface area contributed by atoms with Crippen LogP contribution in [0, 0.1) is 0 Å². The fraction of sp³-hybridized carbons (Fsp3) is 0.0833. The molecular formula is C12H9Cl2N3O. The Morgan fingerprint density at radius 1 is 1.17 bits per heavy atom. The van der Waals surface area contributed by atoms with Crippen LogP contribution in [-0.4, -0.2) is 15.9 Å². The van der Waals surface area contributed by atoms with Crippen LogP contribution in [0.2, 0.25) is 10.3 Å². The topological polar surface area (TPSA) is 54.9 Å². The first-order valence-corrected chi connectivity index (χ1v) is 5.88. The summed E-state index contributed by atoms with van der Waals surface area (Å²) in [7, 11) is 0. The van der Waals surface area contributed by atoms with Crippen molar-refractivity contribution in [2.24, 2.45) is 0 Å². The maximum absolute atomic E-state index is 11.0. The summed E-state index contributed by atoms with van der Waals surface area (Å²) in [5.41, 5.74) is 1.39. The molecule has 0 aliphatic heterocycles. The average molecular weight is 282 g/mol. The third-order valence-electron chi connectivity index (χ3n) is 2.10. The smallest absolute Gasteiger partial charge is 0.221 e. The molecule has 0 unspecified atom stereocenters. The normalized spacial score (nSPS) is 10.2. The van der Waals surface area contributed by atoms with Crippen LogP contribution in [0.3, 0.4) is 0 Å². The molecule has 92 valence electrons. The fourth-order valence-electron chi connectivity index (χ4n) is 1.46. The standard InChI is InChI=1S/C12H9Cl2N3O/c1-7(18)15-9-4-2-3-8(5-9)12-16-10(13)6-11(14)17-12/h2-6H,1H3,(H,15,18). The molecule has 0 fully saturated rings. The molecule has 0 atom stereocenters. The highest BCUT2D eigenvalue weighted by Crippen LogP contribution is 2.22. The largest absolute Gasteiger partial charge is 0.326 e. The molecule has 1 heterocycles. The number of rotatable bonds is 2. The number of amides is 1. The highest BCUT2D eigenvalue weighted by atomic mass is 35.5. The van der Waals surface area contributed by atoms with E-state index >= 15 is 0 Å². The Hall–Kier alpha value is -1.65. The first kappa shape index (κ1) is 12.8. The molecular weight excluding hydrogens is 273 g/mol. The summed E-state index contributed by atoms with van der Waals surface area (Å²) in [4.78, 5) is 19.1. The van der Waals surface area contributed by atoms with Crippen molar-refractivity contribution < 1.29 is 4.79 Å². The summed E-state index contributed by atoms with van der Waals surface area (Å²) in [5, 5.41) is 3.23. The summed E-state index contributed by atoms with van der Waals surface area (Å²) >= 11 is 11.6. The lowest BCUT2D eigenvalue weighted by Crippen LogP contribution is -2.05. The molecule has 4 nitrogen and oxygen atoms in total. The molecule has 0 saturated heterocycles. The van der Waals surface area contributed by atoms with Crippen molar-refractivity contribution in [1.82, 2.24) is 9.97 Å². The van der Waals surface area contributed by atoms with Gasteiger partial charge in [-0.1, -0.05) is 35.3 Å². The lowest BCUT2D eigenvalue weighted by molar-refractivity contribution is -0.114. The first-order valence-electron chi connectivity index (χ1n) is 5.13. The average Bonchev–Trinajstić information content (AvgIpc) is 2.27. The number of aromatic nitrogens is 2. The van der Waals surface area contributed by atoms with E-state index in [1.807, 2.05) is 6.07 Å². The quantitative estimate of drug-likeness (QED) is 0.859. The molecule has 0 spiro atoms. The minimum absolute atomic E-state index is 0.141. The van der Waals surface area contributed by atoms with Crippen LogP contribution in [0.25, 0.3) is 11.4 Å². The van der Waals surface area contributed by atoms with E-state index in [1.165, 1.54) is 13.0 Å². The number of halogens is 2. The SMILES string of the molecule is CC(=O)Nc1cccc(-c2nc(Cl)cc(Cl)n2)c1. The zero-order valence-electron chi connectivity index (χ0n) is 9.45. The Morgan fingerprint density at radius 2 is 1.83 bits per heavy atom. The van der Waals surface area contributed by atoms with Gasteiger partial charge in [0.1, 0.15) is 10.3 Å². The van der Waals surface area contributed by atoms with E-state index < -0.39 is 0 Å². The molecule has 1 N–H and O–H groups in total. The second kappa shape index (κ2) is 5.33. The van der Waals surface area contributed by atoms with Crippen LogP contribution in [0.4, 0.5) is 5.69 Å². The van der Waals surface area contributed by atoms with Crippen molar-refractivity contribution in [1.29, 1.82) is 0 Å². The molecule has 1 amide bonds. The van der Waals surface area contributed by atoms with Gasteiger partial charge in [-0.05, 0) is 12.1 Å². The summed E-state index contributed by atoms with van der Waals surface area (Å²) < 4.78 is 0. The van der Waals surface area contributed by atoms with E-state index in [1.54, 1.807) is 18.2 Å². The van der Waals surface area contributed by atoms with Crippen LogP contribution in [0.1, 0.15) is 6.92 Å². The molecule has 1 aromatic heterocycles. The van der Waals surface area contributed by atoms with Gasteiger partial charge in [0.15, 0.2) is 5.82 Å². The van der Waals surface area contributed by atoms with Crippen molar-refractivity contribution in [3.05, 3.63) is 40.6 Å². The van der Waals surface area contributed by atoms with Gasteiger partial charge in [0.05, 0.1) is 0 Å². The van der Waals surface area contributed by atoms with E-state index in [4.69, 9.17) is 23.2 Å². The molecule has 2 rings (SSSR count). The number of nitrogens with one attached hydrogen (secondary N) is 1. The van der Waals surface area contributed by atoms with E-state index in [0.717, 1.165) is 5.56 Å². The van der Waals surface area contributed by atoms with E-state index in [0.29, 0.717) is 11.5 Å². The first-order chi connectivity index (χ1) is 8.54. The van der Waals surface area contributed by atoms with Gasteiger partial charge in [-0.25, -0.2) is 9.97 Å². The van der Waals surface area contributed by atoms with Gasteiger partial charge in [0.2, 0.25) is 5.91 Å². The van der Waals surface area contributed by atoms with Crippen LogP contribution in [0.5, 0.6) is 0 Å². The number of carbonyl (C=O) groups is 1. The minimum Gasteiger partial charge on any atom is -0.326 e. The molecule has 0 radical (unpaired) electrons. The van der Waals surface area contributed by atoms with Crippen LogP contribution >= 0.6 is 23.2 Å². The van der Waals surface area contributed by atoms with Gasteiger partial charge in [0.25, 0.3) is 0 Å². The molecule has 1 aromatic carbocycles. The monoisotopic (exact) mass is 281 g/mol. The molecule has 0 saturated carbocycles. The van der Waals surface area contributed by atoms with Crippen molar-refractivity contribution in [2.75, 3.05) is 5.32 Å². The van der Waals surface area contributed by atoms with Crippen LogP contribution < -0.4 is 5.32 Å². The summed E-state index contributed by atoms with van der Waals surface area (Å²) in [5.74, 6) is 0.275. The third kappa shape index (κ3) is 3.18. The van der Waals surface area contributed by atoms with Crippen LogP contribution in [0.15, 0.2) is 30.3 Å². The van der Waals surface area contributed by atoms with Crippen molar-refractivity contribution in [2.45, 2.75) is 6.92 Å². The van der Waals surface area contributed by atoms with Gasteiger partial charge in [0, 0.05) is 24.2 Å². The second-order valence-electron chi connectivity index (χ2n) is 3.60. The lowest BCUT2D eigenvalue weighted by Gasteiger charge is -2.05. The van der Waals surface area contributed by atoms with E-state index in [2.05, 4.69) is 15.3 Å². The van der Waals surface area contributed by atoms with Crippen molar-refractivity contribution >= 4 is 34.8 Å². The molecule has 6 heteroatoms. The second-order valence-corrected chi connectivity index (χ2v) is 4.37. The van der Waals surface area contributed by atoms with Gasteiger partial charge in [-0.2, -0.15) is 0 Å². The Balaban J connectivity index is 2.41. The Labute approximate surface area is 114 Å². The third-order valence-corrected chi connectivity index (χ3v) is 2.49. The molecule has 0 bridgehead atoms. The predicted octanol–water partition coefficient (Wildman–Crippen LogP) is 3.41. The van der Waals surface area contributed by atoms with Crippen LogP contribution in [-0.2, 0) is 4.79 Å². The molecule has 0 aliphatic carbocycles. The van der Waals surface area contributed by atoms with Crippen molar-refractivity contribution in [3.8, 4) is 11.4 Å². The van der Waals surface area contributed by atoms with Gasteiger partial charge < -0.3 is 5.32 Å². The van der Waals surface area contributed by atoms with Gasteiger partial charge >= 0.3 is 0 Å². The zero-order chi connectivity index (χ0) is 13.1. The molecule has 0 aliphatic rings. The van der Waals surface area contributed by atoms with E-state index in [9.17, 15) is 4.79 Å². The number of benzene rings is 1. The number of anilines is 1. The van der Waals surface area contributed by atoms with Gasteiger partial charge in [-0.15, -0.1) is 0 Å². The lowest BCUT2D eigenvalue weighted by atomic mass is 10.2. The Bertz CT molecular complexity index is 581. The maximum Gasteiger partial charge on any atom is 0.221 e. The summed E-state index contributed by atoms with van der Waals surface area (Å²) in [6, 6.07) is 8.59. The molecule has 2 aromatic rings. The minimum atomic E-state index is -0.141. The zero-order valence-corrected chi connectivity index (χ0v) is 11.0. The predicted molar refractivity (Wildman–Crippen MR) is 71.8 cm³/mol. The fourth-order valence-corrected chi connectivity index (χ4v) is 1.88. The summed E-state index contributed by atoms with van der Waals surface area (Å²) in [6.45, 7) is 1.44. The number of nitrogens with zero attached hydrogens (tertiary/aromatic N) is 2. The number of hydrogen-bond donors (Lipinski definition) is 1. The number of hydrogen-bond acceptors (Lipinski definition) is 3. The molecule has 18 heavy (non-hydrogen) atoms. The van der Waals surface area contributed by atoms with Crippen molar-refractivity contribution in [3.63, 3.8) is 0 Å².